The van der Waals surface area contributed by atoms with Crippen LogP contribution in [-0.4, -0.2) is 37.0 Å². The van der Waals surface area contributed by atoms with E-state index in [4.69, 9.17) is 4.74 Å². The van der Waals surface area contributed by atoms with Crippen molar-refractivity contribution < 1.29 is 9.53 Å². The number of methoxy groups -OCH3 is 1. The number of carbonyl (C=O) groups excluding carboxylic acids is 1. The lowest BCUT2D eigenvalue weighted by Gasteiger charge is -2.27. The van der Waals surface area contributed by atoms with Crippen LogP contribution < -0.4 is 10.1 Å². The zero-order valence-electron chi connectivity index (χ0n) is 17.0. The Kier molecular flexibility index (Phi) is 8.34. The average Bonchev–Trinajstić information content (AvgIpc) is 3.50. The summed E-state index contributed by atoms with van der Waals surface area (Å²) >= 11 is 0. The van der Waals surface area contributed by atoms with Gasteiger partial charge in [-0.1, -0.05) is 42.5 Å². The molecule has 2 aromatic rings. The molecular weight excluding hydrogens is 372 g/mol. The summed E-state index contributed by atoms with van der Waals surface area (Å²) in [7, 11) is 1.69. The lowest BCUT2D eigenvalue weighted by atomic mass is 10.0. The highest BCUT2D eigenvalue weighted by atomic mass is 35.5. The second-order valence-electron chi connectivity index (χ2n) is 7.59. The molecule has 28 heavy (non-hydrogen) atoms. The van der Waals surface area contributed by atoms with Gasteiger partial charge in [-0.3, -0.25) is 4.79 Å². The van der Waals surface area contributed by atoms with Gasteiger partial charge in [0.15, 0.2) is 0 Å². The molecule has 0 spiro atoms. The van der Waals surface area contributed by atoms with Crippen molar-refractivity contribution in [2.24, 2.45) is 5.92 Å². The first kappa shape index (κ1) is 22.3. The second-order valence-corrected chi connectivity index (χ2v) is 7.59. The van der Waals surface area contributed by atoms with E-state index in [2.05, 4.69) is 49.5 Å². The van der Waals surface area contributed by atoms with E-state index in [9.17, 15) is 4.79 Å². The van der Waals surface area contributed by atoms with Gasteiger partial charge in [-0.05, 0) is 56.3 Å². The Morgan fingerprint density at radius 1 is 1.14 bits per heavy atom. The molecule has 1 aliphatic carbocycles. The minimum absolute atomic E-state index is 0. The predicted octanol–water partition coefficient (Wildman–Crippen LogP) is 4.52. The molecule has 0 bridgehead atoms. The summed E-state index contributed by atoms with van der Waals surface area (Å²) < 4.78 is 5.46. The molecule has 1 aliphatic rings. The fourth-order valence-corrected chi connectivity index (χ4v) is 3.24. The summed E-state index contributed by atoms with van der Waals surface area (Å²) in [6, 6.07) is 16.6. The van der Waals surface area contributed by atoms with Crippen LogP contribution >= 0.6 is 12.4 Å². The maximum Gasteiger partial charge on any atom is 0.237 e. The Morgan fingerprint density at radius 2 is 1.82 bits per heavy atom. The van der Waals surface area contributed by atoms with Crippen LogP contribution in [0.4, 0.5) is 0 Å². The van der Waals surface area contributed by atoms with Crippen LogP contribution in [0.25, 0.3) is 11.1 Å². The maximum atomic E-state index is 12.6. The van der Waals surface area contributed by atoms with Gasteiger partial charge < -0.3 is 15.0 Å². The summed E-state index contributed by atoms with van der Waals surface area (Å²) in [6.45, 7) is 6.16. The number of nitrogens with zero attached hydrogens (tertiary/aromatic N) is 1. The molecule has 2 aromatic carbocycles. The van der Waals surface area contributed by atoms with Crippen LogP contribution in [0.2, 0.25) is 0 Å². The topological polar surface area (TPSA) is 41.6 Å². The number of halogens is 1. The van der Waals surface area contributed by atoms with Crippen LogP contribution in [0.5, 0.6) is 5.75 Å². The van der Waals surface area contributed by atoms with E-state index in [1.807, 2.05) is 23.1 Å². The minimum Gasteiger partial charge on any atom is -0.496 e. The summed E-state index contributed by atoms with van der Waals surface area (Å²) in [6.07, 6.45) is 2.60. The van der Waals surface area contributed by atoms with E-state index in [0.717, 1.165) is 34.9 Å². The molecule has 1 amide bonds. The van der Waals surface area contributed by atoms with Gasteiger partial charge in [-0.25, -0.2) is 0 Å². The molecule has 0 atom stereocenters. The largest absolute Gasteiger partial charge is 0.496 e. The van der Waals surface area contributed by atoms with Crippen molar-refractivity contribution in [1.82, 2.24) is 10.2 Å². The lowest BCUT2D eigenvalue weighted by molar-refractivity contribution is -0.132. The Bertz CT molecular complexity index is 757. The Hall–Kier alpha value is -2.04. The average molecular weight is 403 g/mol. The number of carbonyl (C=O) groups is 1. The molecule has 3 rings (SSSR count). The zero-order chi connectivity index (χ0) is 19.2. The minimum atomic E-state index is 0. The summed E-state index contributed by atoms with van der Waals surface area (Å²) in [5.74, 6) is 1.82. The molecule has 1 saturated carbocycles. The fraction of sp³-hybridized carbons (Fsp3) is 0.435. The number of nitrogens with one attached hydrogen (secondary N) is 1. The number of hydrogen-bond acceptors (Lipinski definition) is 3. The van der Waals surface area contributed by atoms with Crippen molar-refractivity contribution in [3.63, 3.8) is 0 Å². The van der Waals surface area contributed by atoms with Crippen molar-refractivity contribution in [2.45, 2.75) is 39.3 Å². The van der Waals surface area contributed by atoms with E-state index >= 15 is 0 Å². The first-order chi connectivity index (χ1) is 13.1. The van der Waals surface area contributed by atoms with E-state index in [0.29, 0.717) is 13.1 Å². The molecule has 152 valence electrons. The highest BCUT2D eigenvalue weighted by molar-refractivity contribution is 5.85. The van der Waals surface area contributed by atoms with Gasteiger partial charge in [0.05, 0.1) is 13.7 Å². The van der Waals surface area contributed by atoms with E-state index in [1.165, 1.54) is 12.8 Å². The Balaban J connectivity index is 0.00000280. The number of rotatable bonds is 9. The fourth-order valence-electron chi connectivity index (χ4n) is 3.24. The van der Waals surface area contributed by atoms with Crippen molar-refractivity contribution in [1.29, 1.82) is 0 Å². The van der Waals surface area contributed by atoms with E-state index < -0.39 is 0 Å². The number of para-hydroxylation sites is 1. The maximum absolute atomic E-state index is 12.6. The SMILES string of the molecule is COc1ccccc1-c1ccc(CN(C(=O)CNCC2CC2)C(C)C)cc1.Cl. The van der Waals surface area contributed by atoms with Gasteiger partial charge in [0.1, 0.15) is 5.75 Å². The van der Waals surface area contributed by atoms with Gasteiger partial charge in [0.25, 0.3) is 0 Å². The summed E-state index contributed by atoms with van der Waals surface area (Å²) in [5.41, 5.74) is 3.33. The lowest BCUT2D eigenvalue weighted by Crippen LogP contribution is -2.42. The van der Waals surface area contributed by atoms with Gasteiger partial charge in [0.2, 0.25) is 5.91 Å². The molecule has 0 aliphatic heterocycles. The number of hydrogen-bond donors (Lipinski definition) is 1. The smallest absolute Gasteiger partial charge is 0.237 e. The van der Waals surface area contributed by atoms with Crippen molar-refractivity contribution >= 4 is 18.3 Å². The first-order valence-corrected chi connectivity index (χ1v) is 9.81. The molecule has 0 radical (unpaired) electrons. The third-order valence-electron chi connectivity index (χ3n) is 5.07. The zero-order valence-corrected chi connectivity index (χ0v) is 17.8. The van der Waals surface area contributed by atoms with Crippen LogP contribution in [-0.2, 0) is 11.3 Å². The number of ether oxygens (including phenoxy) is 1. The van der Waals surface area contributed by atoms with Crippen molar-refractivity contribution in [3.8, 4) is 16.9 Å². The first-order valence-electron chi connectivity index (χ1n) is 9.81. The molecule has 4 nitrogen and oxygen atoms in total. The van der Waals surface area contributed by atoms with Gasteiger partial charge in [-0.15, -0.1) is 12.4 Å². The van der Waals surface area contributed by atoms with E-state index in [-0.39, 0.29) is 24.4 Å². The monoisotopic (exact) mass is 402 g/mol. The standard InChI is InChI=1S/C23H30N2O2.ClH/c1-17(2)25(23(26)15-24-14-18-8-9-18)16-19-10-12-20(13-11-19)21-6-4-5-7-22(21)27-3;/h4-7,10-13,17-18,24H,8-9,14-16H2,1-3H3;1H. The van der Waals surface area contributed by atoms with Crippen LogP contribution in [0, 0.1) is 5.92 Å². The second kappa shape index (κ2) is 10.5. The summed E-state index contributed by atoms with van der Waals surface area (Å²) in [5, 5.41) is 3.31. The van der Waals surface area contributed by atoms with Crippen molar-refractivity contribution in [2.75, 3.05) is 20.2 Å². The van der Waals surface area contributed by atoms with E-state index in [1.54, 1.807) is 7.11 Å². The Labute approximate surface area is 174 Å². The predicted molar refractivity (Wildman–Crippen MR) is 117 cm³/mol. The molecule has 1 fully saturated rings. The molecular formula is C23H31ClN2O2. The normalized spacial score (nSPS) is 13.1. The molecule has 0 saturated heterocycles. The molecule has 1 N–H and O–H groups in total. The highest BCUT2D eigenvalue weighted by Gasteiger charge is 2.22. The van der Waals surface area contributed by atoms with Gasteiger partial charge in [0, 0.05) is 18.2 Å². The quantitative estimate of drug-likeness (QED) is 0.670. The summed E-state index contributed by atoms with van der Waals surface area (Å²) in [4.78, 5) is 14.6. The van der Waals surface area contributed by atoms with Crippen LogP contribution in [0.1, 0.15) is 32.3 Å². The van der Waals surface area contributed by atoms with Gasteiger partial charge >= 0.3 is 0 Å². The molecule has 5 heteroatoms. The van der Waals surface area contributed by atoms with Gasteiger partial charge in [-0.2, -0.15) is 0 Å². The Morgan fingerprint density at radius 3 is 2.43 bits per heavy atom. The number of benzene rings is 2. The van der Waals surface area contributed by atoms with Crippen LogP contribution in [0.15, 0.2) is 48.5 Å². The third kappa shape index (κ3) is 5.98. The third-order valence-corrected chi connectivity index (χ3v) is 5.07. The van der Waals surface area contributed by atoms with Crippen molar-refractivity contribution in [3.05, 3.63) is 54.1 Å². The molecule has 0 heterocycles. The highest BCUT2D eigenvalue weighted by Crippen LogP contribution is 2.30. The molecule has 0 unspecified atom stereocenters. The molecule has 0 aromatic heterocycles. The number of amides is 1. The van der Waals surface area contributed by atoms with Crippen LogP contribution in [0.3, 0.4) is 0 Å².